The van der Waals surface area contributed by atoms with E-state index in [0.29, 0.717) is 0 Å². The largest absolute Gasteiger partial charge is 0.445 e. The highest BCUT2D eigenvalue weighted by Crippen LogP contribution is 2.00. The zero-order valence-corrected chi connectivity index (χ0v) is 10.7. The van der Waals surface area contributed by atoms with Gasteiger partial charge in [-0.25, -0.2) is 4.79 Å². The molecule has 0 radical (unpaired) electrons. The summed E-state index contributed by atoms with van der Waals surface area (Å²) in [6.45, 7) is 0.513. The molecule has 1 aromatic carbocycles. The van der Waals surface area contributed by atoms with Gasteiger partial charge in [0.1, 0.15) is 6.61 Å². The molecule has 98 valence electrons. The van der Waals surface area contributed by atoms with Crippen LogP contribution in [0.5, 0.6) is 0 Å². The van der Waals surface area contributed by atoms with Crippen LogP contribution < -0.4 is 5.32 Å². The second-order valence-corrected chi connectivity index (χ2v) is 4.03. The van der Waals surface area contributed by atoms with Crippen LogP contribution in [0.3, 0.4) is 0 Å². The summed E-state index contributed by atoms with van der Waals surface area (Å²) in [6, 6.07) is 9.42. The SMILES string of the molecule is CN(C)C(=O)CCNC(=O)OCc1ccccc1. The lowest BCUT2D eigenvalue weighted by molar-refractivity contribution is -0.128. The van der Waals surface area contributed by atoms with E-state index in [9.17, 15) is 9.59 Å². The molecule has 0 heterocycles. The van der Waals surface area contributed by atoms with E-state index < -0.39 is 6.09 Å². The molecule has 5 nitrogen and oxygen atoms in total. The van der Waals surface area contributed by atoms with Crippen molar-refractivity contribution in [3.63, 3.8) is 0 Å². The predicted octanol–water partition coefficient (Wildman–Crippen LogP) is 1.39. The topological polar surface area (TPSA) is 58.6 Å². The Morgan fingerprint density at radius 1 is 1.22 bits per heavy atom. The normalized spacial score (nSPS) is 9.67. The quantitative estimate of drug-likeness (QED) is 0.859. The van der Waals surface area contributed by atoms with Gasteiger partial charge in [0, 0.05) is 27.1 Å². The fourth-order valence-corrected chi connectivity index (χ4v) is 1.27. The molecule has 0 atom stereocenters. The summed E-state index contributed by atoms with van der Waals surface area (Å²) in [5.74, 6) is -0.0293. The lowest BCUT2D eigenvalue weighted by atomic mass is 10.2. The summed E-state index contributed by atoms with van der Waals surface area (Å²) in [7, 11) is 3.35. The smallest absolute Gasteiger partial charge is 0.407 e. The van der Waals surface area contributed by atoms with Gasteiger partial charge in [-0.1, -0.05) is 30.3 Å². The van der Waals surface area contributed by atoms with E-state index >= 15 is 0 Å². The van der Waals surface area contributed by atoms with Gasteiger partial charge in [-0.3, -0.25) is 4.79 Å². The van der Waals surface area contributed by atoms with Gasteiger partial charge in [0.15, 0.2) is 0 Å². The molecule has 1 aromatic rings. The Hall–Kier alpha value is -2.04. The molecule has 0 bridgehead atoms. The lowest BCUT2D eigenvalue weighted by Gasteiger charge is -2.10. The van der Waals surface area contributed by atoms with Crippen molar-refractivity contribution in [1.29, 1.82) is 0 Å². The zero-order valence-electron chi connectivity index (χ0n) is 10.7. The first-order chi connectivity index (χ1) is 8.59. The lowest BCUT2D eigenvalue weighted by Crippen LogP contribution is -2.30. The third-order valence-corrected chi connectivity index (χ3v) is 2.32. The number of carbonyl (C=O) groups is 2. The van der Waals surface area contributed by atoms with Crippen molar-refractivity contribution >= 4 is 12.0 Å². The Morgan fingerprint density at radius 3 is 2.50 bits per heavy atom. The van der Waals surface area contributed by atoms with Gasteiger partial charge in [-0.2, -0.15) is 0 Å². The van der Waals surface area contributed by atoms with Crippen molar-refractivity contribution < 1.29 is 14.3 Å². The first-order valence-electron chi connectivity index (χ1n) is 5.74. The number of benzene rings is 1. The fraction of sp³-hybridized carbons (Fsp3) is 0.385. The minimum Gasteiger partial charge on any atom is -0.445 e. The maximum Gasteiger partial charge on any atom is 0.407 e. The zero-order chi connectivity index (χ0) is 13.4. The molecule has 0 aliphatic carbocycles. The number of carbonyl (C=O) groups excluding carboxylic acids is 2. The van der Waals surface area contributed by atoms with Crippen LogP contribution >= 0.6 is 0 Å². The van der Waals surface area contributed by atoms with E-state index in [2.05, 4.69) is 5.32 Å². The Labute approximate surface area is 107 Å². The minimum atomic E-state index is -0.509. The number of rotatable bonds is 5. The van der Waals surface area contributed by atoms with Gasteiger partial charge >= 0.3 is 6.09 Å². The van der Waals surface area contributed by atoms with Crippen molar-refractivity contribution in [2.24, 2.45) is 0 Å². The average molecular weight is 250 g/mol. The van der Waals surface area contributed by atoms with Crippen molar-refractivity contribution in [1.82, 2.24) is 10.2 Å². The molecule has 0 aliphatic rings. The minimum absolute atomic E-state index is 0.0293. The fourth-order valence-electron chi connectivity index (χ4n) is 1.27. The summed E-state index contributed by atoms with van der Waals surface area (Å²) in [6.07, 6.45) is -0.238. The molecule has 0 saturated heterocycles. The monoisotopic (exact) mass is 250 g/mol. The molecule has 0 fully saturated rings. The number of ether oxygens (including phenoxy) is 1. The van der Waals surface area contributed by atoms with Crippen LogP contribution in [0.15, 0.2) is 30.3 Å². The molecule has 0 aromatic heterocycles. The third-order valence-electron chi connectivity index (χ3n) is 2.32. The molecule has 0 saturated carbocycles. The highest BCUT2D eigenvalue weighted by Gasteiger charge is 2.06. The van der Waals surface area contributed by atoms with E-state index in [1.807, 2.05) is 30.3 Å². The summed E-state index contributed by atoms with van der Waals surface area (Å²) in [5.41, 5.74) is 0.928. The van der Waals surface area contributed by atoms with Crippen LogP contribution in [-0.4, -0.2) is 37.5 Å². The van der Waals surface area contributed by atoms with E-state index in [0.717, 1.165) is 5.56 Å². The molecule has 18 heavy (non-hydrogen) atoms. The van der Waals surface area contributed by atoms with Crippen molar-refractivity contribution in [3.05, 3.63) is 35.9 Å². The first-order valence-corrected chi connectivity index (χ1v) is 5.74. The number of hydrogen-bond acceptors (Lipinski definition) is 3. The Bertz CT molecular complexity index is 390. The van der Waals surface area contributed by atoms with Crippen LogP contribution in [0.4, 0.5) is 4.79 Å². The van der Waals surface area contributed by atoms with Gasteiger partial charge in [-0.15, -0.1) is 0 Å². The second-order valence-electron chi connectivity index (χ2n) is 4.03. The summed E-state index contributed by atoms with van der Waals surface area (Å²) >= 11 is 0. The van der Waals surface area contributed by atoms with Gasteiger partial charge in [0.2, 0.25) is 5.91 Å². The standard InChI is InChI=1S/C13H18N2O3/c1-15(2)12(16)8-9-14-13(17)18-10-11-6-4-3-5-7-11/h3-7H,8-10H2,1-2H3,(H,14,17). The number of nitrogens with zero attached hydrogens (tertiary/aromatic N) is 1. The van der Waals surface area contributed by atoms with Crippen LogP contribution in [0, 0.1) is 0 Å². The molecule has 1 N–H and O–H groups in total. The van der Waals surface area contributed by atoms with Crippen molar-refractivity contribution in [2.75, 3.05) is 20.6 Å². The number of amides is 2. The highest BCUT2D eigenvalue weighted by atomic mass is 16.5. The van der Waals surface area contributed by atoms with E-state index in [1.165, 1.54) is 4.90 Å². The number of alkyl carbamates (subject to hydrolysis) is 1. The number of hydrogen-bond donors (Lipinski definition) is 1. The third kappa shape index (κ3) is 5.34. The summed E-state index contributed by atoms with van der Waals surface area (Å²) in [4.78, 5) is 24.0. The van der Waals surface area contributed by atoms with Gasteiger partial charge in [0.25, 0.3) is 0 Å². The van der Waals surface area contributed by atoms with E-state index in [-0.39, 0.29) is 25.5 Å². The molecular weight excluding hydrogens is 232 g/mol. The molecule has 5 heteroatoms. The van der Waals surface area contributed by atoms with Gasteiger partial charge in [-0.05, 0) is 5.56 Å². The van der Waals surface area contributed by atoms with Crippen LogP contribution in [0.1, 0.15) is 12.0 Å². The van der Waals surface area contributed by atoms with E-state index in [1.54, 1.807) is 14.1 Å². The first kappa shape index (κ1) is 14.0. The maximum atomic E-state index is 11.3. The molecule has 2 amide bonds. The van der Waals surface area contributed by atoms with Gasteiger partial charge < -0.3 is 15.0 Å². The van der Waals surface area contributed by atoms with Crippen molar-refractivity contribution in [2.45, 2.75) is 13.0 Å². The average Bonchev–Trinajstić information content (AvgIpc) is 2.37. The number of nitrogens with one attached hydrogen (secondary N) is 1. The second kappa shape index (κ2) is 7.32. The molecule has 0 spiro atoms. The van der Waals surface area contributed by atoms with Gasteiger partial charge in [0.05, 0.1) is 0 Å². The Balaban J connectivity index is 2.17. The van der Waals surface area contributed by atoms with Crippen LogP contribution in [0.25, 0.3) is 0 Å². The highest BCUT2D eigenvalue weighted by molar-refractivity contribution is 5.76. The molecular formula is C13H18N2O3. The summed E-state index contributed by atoms with van der Waals surface area (Å²) in [5, 5.41) is 2.53. The van der Waals surface area contributed by atoms with Crippen LogP contribution in [-0.2, 0) is 16.1 Å². The maximum absolute atomic E-state index is 11.3. The molecule has 1 rings (SSSR count). The van der Waals surface area contributed by atoms with E-state index in [4.69, 9.17) is 4.74 Å². The van der Waals surface area contributed by atoms with Crippen LogP contribution in [0.2, 0.25) is 0 Å². The van der Waals surface area contributed by atoms with Crippen molar-refractivity contribution in [3.8, 4) is 0 Å². The molecule has 0 unspecified atom stereocenters. The Morgan fingerprint density at radius 2 is 1.89 bits per heavy atom. The predicted molar refractivity (Wildman–Crippen MR) is 67.9 cm³/mol. The molecule has 0 aliphatic heterocycles. The summed E-state index contributed by atoms with van der Waals surface area (Å²) < 4.78 is 5.00. The Kier molecular flexibility index (Phi) is 5.70.